The molecule has 1 aliphatic rings. The number of unbranched alkanes of at least 4 members (excludes halogenated alkanes) is 1. The van der Waals surface area contributed by atoms with Gasteiger partial charge in [0.1, 0.15) is 0 Å². The zero-order valence-electron chi connectivity index (χ0n) is 16.6. The number of carbonyl (C=O) groups excluding carboxylic acids is 3. The molecule has 29 heavy (non-hydrogen) atoms. The second-order valence-electron chi connectivity index (χ2n) is 7.20. The van der Waals surface area contributed by atoms with Crippen LogP contribution in [0.5, 0.6) is 0 Å². The van der Waals surface area contributed by atoms with E-state index in [4.69, 9.17) is 4.74 Å². The third-order valence-electron chi connectivity index (χ3n) is 4.97. The third kappa shape index (κ3) is 5.67. The van der Waals surface area contributed by atoms with Gasteiger partial charge < -0.3 is 15.4 Å². The number of anilines is 2. The zero-order chi connectivity index (χ0) is 20.6. The highest BCUT2D eigenvalue weighted by Gasteiger charge is 2.26. The molecule has 2 aromatic rings. The topological polar surface area (TPSA) is 84.5 Å². The van der Waals surface area contributed by atoms with Crippen LogP contribution in [0.3, 0.4) is 0 Å². The molecule has 6 heteroatoms. The second-order valence-corrected chi connectivity index (χ2v) is 7.20. The number of nitrogens with one attached hydrogen (secondary N) is 2. The monoisotopic (exact) mass is 394 g/mol. The van der Waals surface area contributed by atoms with Crippen molar-refractivity contribution in [2.45, 2.75) is 39.0 Å². The van der Waals surface area contributed by atoms with Crippen LogP contribution < -0.4 is 10.6 Å². The van der Waals surface area contributed by atoms with Crippen molar-refractivity contribution < 1.29 is 19.1 Å². The molecule has 1 heterocycles. The van der Waals surface area contributed by atoms with Gasteiger partial charge in [-0.2, -0.15) is 0 Å². The molecule has 0 radical (unpaired) electrons. The second kappa shape index (κ2) is 9.87. The number of carbonyl (C=O) groups is 3. The molecule has 0 unspecified atom stereocenters. The number of hydrogen-bond donors (Lipinski definition) is 2. The van der Waals surface area contributed by atoms with Gasteiger partial charge in [-0.1, -0.05) is 31.5 Å². The normalized spacial score (nSPS) is 15.2. The van der Waals surface area contributed by atoms with Crippen LogP contribution in [0.1, 0.15) is 48.5 Å². The number of benzene rings is 2. The minimum Gasteiger partial charge on any atom is -0.462 e. The van der Waals surface area contributed by atoms with Crippen molar-refractivity contribution in [3.63, 3.8) is 0 Å². The Morgan fingerprint density at radius 3 is 2.66 bits per heavy atom. The Balaban J connectivity index is 1.47. The van der Waals surface area contributed by atoms with Crippen LogP contribution >= 0.6 is 0 Å². The summed E-state index contributed by atoms with van der Waals surface area (Å²) in [6.07, 6.45) is 3.18. The summed E-state index contributed by atoms with van der Waals surface area (Å²) >= 11 is 0. The maximum absolute atomic E-state index is 12.3. The summed E-state index contributed by atoms with van der Waals surface area (Å²) < 4.78 is 5.17. The van der Waals surface area contributed by atoms with Gasteiger partial charge in [0.05, 0.1) is 12.2 Å². The lowest BCUT2D eigenvalue weighted by Crippen LogP contribution is -2.30. The van der Waals surface area contributed by atoms with Gasteiger partial charge >= 0.3 is 5.97 Å². The molecule has 2 N–H and O–H groups in total. The number of ether oxygens (including phenoxy) is 1. The van der Waals surface area contributed by atoms with Crippen LogP contribution in [0.2, 0.25) is 0 Å². The Morgan fingerprint density at radius 1 is 1.14 bits per heavy atom. The molecule has 0 aliphatic carbocycles. The largest absolute Gasteiger partial charge is 0.462 e. The molecule has 0 fully saturated rings. The fourth-order valence-electron chi connectivity index (χ4n) is 3.26. The van der Waals surface area contributed by atoms with Crippen molar-refractivity contribution in [1.29, 1.82) is 0 Å². The summed E-state index contributed by atoms with van der Waals surface area (Å²) in [6.45, 7) is 2.44. The number of amides is 2. The van der Waals surface area contributed by atoms with Crippen molar-refractivity contribution in [2.24, 2.45) is 5.92 Å². The zero-order valence-corrected chi connectivity index (χ0v) is 16.6. The Hall–Kier alpha value is -3.15. The first-order valence-electron chi connectivity index (χ1n) is 10.0. The highest BCUT2D eigenvalue weighted by atomic mass is 16.5. The van der Waals surface area contributed by atoms with Crippen molar-refractivity contribution in [1.82, 2.24) is 0 Å². The van der Waals surface area contributed by atoms with Gasteiger partial charge in [-0.25, -0.2) is 4.79 Å². The number of rotatable bonds is 8. The molecule has 0 saturated carbocycles. The first-order chi connectivity index (χ1) is 14.1. The molecule has 2 aromatic carbocycles. The molecule has 1 aliphatic heterocycles. The standard InChI is InChI=1S/C23H26N2O4/c1-2-3-14-29-23(28)16-8-11-19(12-9-16)24-21(26)13-10-18-15-17-6-4-5-7-20(17)25-22(18)27/h4-9,11-12,18H,2-3,10,13-15H2,1H3,(H,24,26)(H,25,27)/t18-/m0/s1. The lowest BCUT2D eigenvalue weighted by molar-refractivity contribution is -0.121. The highest BCUT2D eigenvalue weighted by molar-refractivity contribution is 5.97. The molecule has 0 saturated heterocycles. The van der Waals surface area contributed by atoms with E-state index in [9.17, 15) is 14.4 Å². The highest BCUT2D eigenvalue weighted by Crippen LogP contribution is 2.27. The summed E-state index contributed by atoms with van der Waals surface area (Å²) in [5.41, 5.74) is 3.01. The third-order valence-corrected chi connectivity index (χ3v) is 4.97. The molecule has 0 bridgehead atoms. The van der Waals surface area contributed by atoms with E-state index in [-0.39, 0.29) is 30.1 Å². The summed E-state index contributed by atoms with van der Waals surface area (Å²) in [4.78, 5) is 36.4. The van der Waals surface area contributed by atoms with Crippen molar-refractivity contribution >= 4 is 29.2 Å². The van der Waals surface area contributed by atoms with E-state index < -0.39 is 0 Å². The molecule has 0 spiro atoms. The smallest absolute Gasteiger partial charge is 0.338 e. The molecule has 6 nitrogen and oxygen atoms in total. The molecular formula is C23H26N2O4. The molecule has 152 valence electrons. The van der Waals surface area contributed by atoms with Crippen LogP contribution in [0.15, 0.2) is 48.5 Å². The van der Waals surface area contributed by atoms with Gasteiger partial charge in [0.15, 0.2) is 0 Å². The van der Waals surface area contributed by atoms with Gasteiger partial charge in [-0.3, -0.25) is 9.59 Å². The van der Waals surface area contributed by atoms with Crippen LogP contribution in [-0.2, 0) is 20.7 Å². The average molecular weight is 394 g/mol. The van der Waals surface area contributed by atoms with E-state index in [1.165, 1.54) is 0 Å². The first-order valence-corrected chi connectivity index (χ1v) is 10.0. The quantitative estimate of drug-likeness (QED) is 0.520. The summed E-state index contributed by atoms with van der Waals surface area (Å²) in [5.74, 6) is -0.770. The Bertz CT molecular complexity index is 877. The fourth-order valence-corrected chi connectivity index (χ4v) is 3.26. The first kappa shape index (κ1) is 20.6. The molecule has 0 aromatic heterocycles. The van der Waals surface area contributed by atoms with E-state index in [1.54, 1.807) is 24.3 Å². The number of hydrogen-bond acceptors (Lipinski definition) is 4. The van der Waals surface area contributed by atoms with E-state index in [0.717, 1.165) is 24.1 Å². The Morgan fingerprint density at radius 2 is 1.90 bits per heavy atom. The van der Waals surface area contributed by atoms with Crippen LogP contribution in [-0.4, -0.2) is 24.4 Å². The lowest BCUT2D eigenvalue weighted by atomic mass is 9.89. The van der Waals surface area contributed by atoms with E-state index in [1.807, 2.05) is 31.2 Å². The Labute approximate surface area is 170 Å². The maximum atomic E-state index is 12.3. The van der Waals surface area contributed by atoms with Gasteiger partial charge in [-0.15, -0.1) is 0 Å². The van der Waals surface area contributed by atoms with Gasteiger partial charge in [0.2, 0.25) is 11.8 Å². The van der Waals surface area contributed by atoms with E-state index >= 15 is 0 Å². The van der Waals surface area contributed by atoms with Crippen LogP contribution in [0.4, 0.5) is 11.4 Å². The summed E-state index contributed by atoms with van der Waals surface area (Å²) in [5, 5.41) is 5.72. The van der Waals surface area contributed by atoms with Crippen LogP contribution in [0, 0.1) is 5.92 Å². The number of esters is 1. The van der Waals surface area contributed by atoms with Crippen molar-refractivity contribution in [3.8, 4) is 0 Å². The molecule has 2 amide bonds. The van der Waals surface area contributed by atoms with Crippen LogP contribution in [0.25, 0.3) is 0 Å². The van der Waals surface area contributed by atoms with E-state index in [0.29, 0.717) is 30.7 Å². The lowest BCUT2D eigenvalue weighted by Gasteiger charge is -2.24. The van der Waals surface area contributed by atoms with Crippen molar-refractivity contribution in [3.05, 3.63) is 59.7 Å². The fraction of sp³-hybridized carbons (Fsp3) is 0.348. The molecule has 3 rings (SSSR count). The summed E-state index contributed by atoms with van der Waals surface area (Å²) in [7, 11) is 0. The van der Waals surface area contributed by atoms with Gasteiger partial charge in [-0.05, 0) is 55.2 Å². The number of para-hydroxylation sites is 1. The summed E-state index contributed by atoms with van der Waals surface area (Å²) in [6, 6.07) is 14.4. The minimum absolute atomic E-state index is 0.0394. The Kier molecular flexibility index (Phi) is 7.00. The van der Waals surface area contributed by atoms with Gasteiger partial charge in [0, 0.05) is 23.7 Å². The predicted molar refractivity (Wildman–Crippen MR) is 112 cm³/mol. The molecule has 1 atom stereocenters. The predicted octanol–water partition coefficient (Wildman–Crippen LogP) is 4.17. The van der Waals surface area contributed by atoms with E-state index in [2.05, 4.69) is 10.6 Å². The number of fused-ring (bicyclic) bond motifs is 1. The molecular weight excluding hydrogens is 368 g/mol. The SMILES string of the molecule is CCCCOC(=O)c1ccc(NC(=O)CC[C@H]2Cc3ccccc3NC2=O)cc1. The van der Waals surface area contributed by atoms with Crippen molar-refractivity contribution in [2.75, 3.05) is 17.2 Å². The maximum Gasteiger partial charge on any atom is 0.338 e. The average Bonchev–Trinajstić information content (AvgIpc) is 2.73. The minimum atomic E-state index is -0.361. The van der Waals surface area contributed by atoms with Gasteiger partial charge in [0.25, 0.3) is 0 Å².